The van der Waals surface area contributed by atoms with Crippen molar-refractivity contribution in [2.75, 3.05) is 13.6 Å². The highest BCUT2D eigenvalue weighted by Gasteiger charge is 2.39. The summed E-state index contributed by atoms with van der Waals surface area (Å²) in [4.78, 5) is 2.78. The fraction of sp³-hybridized carbons (Fsp3) is 1.00. The molecular formula is C12H24N2. The number of nitrogens with zero attached hydrogens (tertiary/aromatic N) is 1. The molecule has 2 aliphatic rings. The van der Waals surface area contributed by atoms with Crippen LogP contribution in [0.2, 0.25) is 0 Å². The third kappa shape index (κ3) is 1.96. The number of piperidine rings is 1. The van der Waals surface area contributed by atoms with E-state index in [-0.39, 0.29) is 0 Å². The molecule has 0 spiro atoms. The summed E-state index contributed by atoms with van der Waals surface area (Å²) in [6.07, 6.45) is 5.63. The maximum absolute atomic E-state index is 3.45. The van der Waals surface area contributed by atoms with Crippen LogP contribution in [0.1, 0.15) is 39.5 Å². The van der Waals surface area contributed by atoms with Crippen LogP contribution in [0.4, 0.5) is 0 Å². The van der Waals surface area contributed by atoms with Gasteiger partial charge in [-0.05, 0) is 38.6 Å². The van der Waals surface area contributed by atoms with Crippen LogP contribution in [0.5, 0.6) is 0 Å². The van der Waals surface area contributed by atoms with Gasteiger partial charge in [-0.2, -0.15) is 0 Å². The van der Waals surface area contributed by atoms with Crippen LogP contribution in [-0.4, -0.2) is 36.6 Å². The first-order chi connectivity index (χ1) is 6.70. The molecule has 14 heavy (non-hydrogen) atoms. The Morgan fingerprint density at radius 3 is 2.21 bits per heavy atom. The van der Waals surface area contributed by atoms with Crippen molar-refractivity contribution in [3.05, 3.63) is 0 Å². The van der Waals surface area contributed by atoms with E-state index in [4.69, 9.17) is 0 Å². The van der Waals surface area contributed by atoms with E-state index in [1.165, 1.54) is 32.2 Å². The zero-order valence-electron chi connectivity index (χ0n) is 9.79. The highest BCUT2D eigenvalue weighted by atomic mass is 15.2. The maximum atomic E-state index is 3.45. The standard InChI is InChI=1S/C12H24N2/c1-9(2)8-14-11-4-5-12(14)7-10(6-11)13-3/h9-13H,4-8H2,1-3H3. The molecule has 2 atom stereocenters. The fourth-order valence-corrected chi connectivity index (χ4v) is 3.23. The van der Waals surface area contributed by atoms with E-state index in [0.717, 1.165) is 24.0 Å². The quantitative estimate of drug-likeness (QED) is 0.741. The summed E-state index contributed by atoms with van der Waals surface area (Å²) in [6.45, 7) is 5.99. The van der Waals surface area contributed by atoms with E-state index < -0.39 is 0 Å². The van der Waals surface area contributed by atoms with Gasteiger partial charge in [-0.3, -0.25) is 4.90 Å². The Balaban J connectivity index is 1.96. The summed E-state index contributed by atoms with van der Waals surface area (Å²) in [5.74, 6) is 0.823. The topological polar surface area (TPSA) is 15.3 Å². The highest BCUT2D eigenvalue weighted by Crippen LogP contribution is 2.35. The van der Waals surface area contributed by atoms with Crippen molar-refractivity contribution < 1.29 is 0 Å². The van der Waals surface area contributed by atoms with Gasteiger partial charge in [0.15, 0.2) is 0 Å². The molecule has 0 aliphatic carbocycles. The van der Waals surface area contributed by atoms with Gasteiger partial charge < -0.3 is 5.32 Å². The van der Waals surface area contributed by atoms with Gasteiger partial charge in [0.25, 0.3) is 0 Å². The van der Waals surface area contributed by atoms with Crippen molar-refractivity contribution >= 4 is 0 Å². The Morgan fingerprint density at radius 2 is 1.79 bits per heavy atom. The van der Waals surface area contributed by atoms with Gasteiger partial charge in [0.2, 0.25) is 0 Å². The van der Waals surface area contributed by atoms with E-state index in [1.54, 1.807) is 0 Å². The average molecular weight is 196 g/mol. The number of hydrogen-bond donors (Lipinski definition) is 1. The molecule has 2 saturated heterocycles. The van der Waals surface area contributed by atoms with Crippen molar-refractivity contribution in [3.63, 3.8) is 0 Å². The molecule has 2 unspecified atom stereocenters. The second kappa shape index (κ2) is 4.19. The van der Waals surface area contributed by atoms with Gasteiger partial charge in [0, 0.05) is 24.7 Å². The van der Waals surface area contributed by atoms with Gasteiger partial charge in [0.05, 0.1) is 0 Å². The van der Waals surface area contributed by atoms with E-state index in [2.05, 4.69) is 31.1 Å². The van der Waals surface area contributed by atoms with Gasteiger partial charge in [0.1, 0.15) is 0 Å². The van der Waals surface area contributed by atoms with Crippen molar-refractivity contribution in [2.45, 2.75) is 57.7 Å². The number of nitrogens with one attached hydrogen (secondary N) is 1. The molecular weight excluding hydrogens is 172 g/mol. The van der Waals surface area contributed by atoms with E-state index in [1.807, 2.05) is 0 Å². The first kappa shape index (κ1) is 10.4. The zero-order chi connectivity index (χ0) is 10.1. The molecule has 1 N–H and O–H groups in total. The largest absolute Gasteiger partial charge is 0.317 e. The van der Waals surface area contributed by atoms with Gasteiger partial charge in [-0.15, -0.1) is 0 Å². The molecule has 0 radical (unpaired) electrons. The predicted molar refractivity (Wildman–Crippen MR) is 60.4 cm³/mol. The third-order valence-electron chi connectivity index (χ3n) is 3.87. The lowest BCUT2D eigenvalue weighted by Gasteiger charge is -2.39. The molecule has 0 saturated carbocycles. The van der Waals surface area contributed by atoms with E-state index in [9.17, 15) is 0 Å². The molecule has 0 aromatic carbocycles. The molecule has 2 heterocycles. The van der Waals surface area contributed by atoms with Crippen molar-refractivity contribution in [1.82, 2.24) is 10.2 Å². The number of rotatable bonds is 3. The third-order valence-corrected chi connectivity index (χ3v) is 3.87. The van der Waals surface area contributed by atoms with Crippen molar-refractivity contribution in [3.8, 4) is 0 Å². The van der Waals surface area contributed by atoms with E-state index >= 15 is 0 Å². The monoisotopic (exact) mass is 196 g/mol. The Kier molecular flexibility index (Phi) is 3.13. The van der Waals surface area contributed by atoms with Crippen LogP contribution in [0.25, 0.3) is 0 Å². The lowest BCUT2D eigenvalue weighted by molar-refractivity contribution is 0.106. The van der Waals surface area contributed by atoms with Crippen LogP contribution in [0.15, 0.2) is 0 Å². The molecule has 2 aliphatic heterocycles. The second-order valence-corrected chi connectivity index (χ2v) is 5.43. The minimum absolute atomic E-state index is 0.788. The Hall–Kier alpha value is -0.0800. The molecule has 2 nitrogen and oxygen atoms in total. The van der Waals surface area contributed by atoms with Crippen LogP contribution in [-0.2, 0) is 0 Å². The Labute approximate surface area is 88.1 Å². The molecule has 2 heteroatoms. The first-order valence-electron chi connectivity index (χ1n) is 6.13. The molecule has 2 fully saturated rings. The predicted octanol–water partition coefficient (Wildman–Crippen LogP) is 1.86. The van der Waals surface area contributed by atoms with Crippen LogP contribution < -0.4 is 5.32 Å². The van der Waals surface area contributed by atoms with Crippen molar-refractivity contribution in [1.29, 1.82) is 0 Å². The molecule has 2 bridgehead atoms. The highest BCUT2D eigenvalue weighted by molar-refractivity contribution is 4.97. The molecule has 0 aromatic heterocycles. The summed E-state index contributed by atoms with van der Waals surface area (Å²) in [7, 11) is 2.11. The maximum Gasteiger partial charge on any atom is 0.0114 e. The average Bonchev–Trinajstić information content (AvgIpc) is 2.38. The molecule has 82 valence electrons. The normalized spacial score (nSPS) is 38.1. The minimum Gasteiger partial charge on any atom is -0.317 e. The van der Waals surface area contributed by atoms with Gasteiger partial charge in [-0.25, -0.2) is 0 Å². The molecule has 0 amide bonds. The SMILES string of the molecule is CNC1CC2CCC(C1)N2CC(C)C. The lowest BCUT2D eigenvalue weighted by Crippen LogP contribution is -2.49. The number of fused-ring (bicyclic) bond motifs is 2. The van der Waals surface area contributed by atoms with Gasteiger partial charge >= 0.3 is 0 Å². The first-order valence-corrected chi connectivity index (χ1v) is 6.13. The Morgan fingerprint density at radius 1 is 1.21 bits per heavy atom. The van der Waals surface area contributed by atoms with E-state index in [0.29, 0.717) is 0 Å². The van der Waals surface area contributed by atoms with Crippen LogP contribution in [0.3, 0.4) is 0 Å². The minimum atomic E-state index is 0.788. The second-order valence-electron chi connectivity index (χ2n) is 5.43. The van der Waals surface area contributed by atoms with Gasteiger partial charge in [-0.1, -0.05) is 13.8 Å². The fourth-order valence-electron chi connectivity index (χ4n) is 3.23. The van der Waals surface area contributed by atoms with Crippen LogP contribution >= 0.6 is 0 Å². The summed E-state index contributed by atoms with van der Waals surface area (Å²) in [6, 6.07) is 2.55. The summed E-state index contributed by atoms with van der Waals surface area (Å²) in [5, 5.41) is 3.45. The molecule has 0 aromatic rings. The molecule has 2 rings (SSSR count). The summed E-state index contributed by atoms with van der Waals surface area (Å²) < 4.78 is 0. The number of hydrogen-bond acceptors (Lipinski definition) is 2. The lowest BCUT2D eigenvalue weighted by atomic mass is 9.96. The Bertz CT molecular complexity index is 177. The van der Waals surface area contributed by atoms with Crippen LogP contribution in [0, 0.1) is 5.92 Å². The zero-order valence-corrected chi connectivity index (χ0v) is 9.79. The summed E-state index contributed by atoms with van der Waals surface area (Å²) >= 11 is 0. The summed E-state index contributed by atoms with van der Waals surface area (Å²) in [5.41, 5.74) is 0. The van der Waals surface area contributed by atoms with Crippen molar-refractivity contribution in [2.24, 2.45) is 5.92 Å². The smallest absolute Gasteiger partial charge is 0.0114 e.